The van der Waals surface area contributed by atoms with Gasteiger partial charge >= 0.3 is 0 Å². The molecule has 0 aliphatic heterocycles. The van der Waals surface area contributed by atoms with Crippen LogP contribution in [0.3, 0.4) is 0 Å². The summed E-state index contributed by atoms with van der Waals surface area (Å²) in [5.41, 5.74) is 19.6. The van der Waals surface area contributed by atoms with Gasteiger partial charge in [-0.3, -0.25) is 0 Å². The molecule has 0 N–H and O–H groups in total. The van der Waals surface area contributed by atoms with Crippen molar-refractivity contribution in [3.63, 3.8) is 0 Å². The maximum absolute atomic E-state index is 7.30. The van der Waals surface area contributed by atoms with E-state index < -0.39 is 0 Å². The zero-order valence-electron chi connectivity index (χ0n) is 46.8. The molecule has 4 nitrogen and oxygen atoms in total. The largest absolute Gasteiger partial charge is 0.453 e. The van der Waals surface area contributed by atoms with Crippen LogP contribution >= 0.6 is 0 Å². The Hall–Kier alpha value is -9.12. The third-order valence-corrected chi connectivity index (χ3v) is 17.0. The van der Waals surface area contributed by atoms with Crippen molar-refractivity contribution in [2.24, 2.45) is 0 Å². The van der Waals surface area contributed by atoms with Crippen LogP contribution in [-0.4, -0.2) is 0 Å². The number of hydrogen-bond acceptors (Lipinski definition) is 4. The first-order chi connectivity index (χ1) is 39.0. The Kier molecular flexibility index (Phi) is 11.9. The van der Waals surface area contributed by atoms with E-state index in [2.05, 4.69) is 284 Å². The zero-order chi connectivity index (χ0) is 54.5. The summed E-state index contributed by atoms with van der Waals surface area (Å²) >= 11 is 0. The van der Waals surface area contributed by atoms with Crippen molar-refractivity contribution in [1.82, 2.24) is 0 Å². The number of nitrogens with zero attached hydrogens (tertiary/aromatic N) is 2. The molecule has 80 heavy (non-hydrogen) atoms. The van der Waals surface area contributed by atoms with Crippen molar-refractivity contribution in [3.05, 3.63) is 241 Å². The molecule has 4 heteroatoms. The third kappa shape index (κ3) is 7.87. The minimum Gasteiger partial charge on any atom is -0.453 e. The highest BCUT2D eigenvalue weighted by Crippen LogP contribution is 2.52. The van der Waals surface area contributed by atoms with Crippen molar-refractivity contribution in [3.8, 4) is 22.3 Å². The summed E-state index contributed by atoms with van der Waals surface area (Å²) in [5.74, 6) is 1.49. The van der Waals surface area contributed by atoms with Gasteiger partial charge in [-0.05, 0) is 127 Å². The monoisotopic (exact) mass is 1040 g/mol. The molecule has 0 spiro atoms. The summed E-state index contributed by atoms with van der Waals surface area (Å²) in [4.78, 5) is 4.87. The van der Waals surface area contributed by atoms with Crippen molar-refractivity contribution < 1.29 is 8.83 Å². The summed E-state index contributed by atoms with van der Waals surface area (Å²) in [6.07, 6.45) is 0. The first-order valence-corrected chi connectivity index (χ1v) is 28.6. The Labute approximate surface area is 468 Å². The van der Waals surface area contributed by atoms with E-state index >= 15 is 0 Å². The molecular weight excluding hydrogens is 973 g/mol. The first kappa shape index (κ1) is 49.2. The van der Waals surface area contributed by atoms with Gasteiger partial charge in [-0.25, -0.2) is 0 Å². The van der Waals surface area contributed by atoms with Crippen LogP contribution in [0.25, 0.3) is 98.4 Å². The molecule has 0 radical (unpaired) electrons. The van der Waals surface area contributed by atoms with E-state index in [0.717, 1.165) is 99.9 Å². The molecule has 14 aromatic rings. The van der Waals surface area contributed by atoms with E-state index in [1.54, 1.807) is 0 Å². The Morgan fingerprint density at radius 3 is 1.00 bits per heavy atom. The second-order valence-corrected chi connectivity index (χ2v) is 23.1. The van der Waals surface area contributed by atoms with E-state index in [0.29, 0.717) is 23.7 Å². The molecule has 0 bridgehead atoms. The highest BCUT2D eigenvalue weighted by Gasteiger charge is 2.27. The average molecular weight is 1040 g/mol. The fourth-order valence-electron chi connectivity index (χ4n) is 12.9. The number of furan rings is 2. The van der Waals surface area contributed by atoms with E-state index in [4.69, 9.17) is 8.83 Å². The summed E-state index contributed by atoms with van der Waals surface area (Å²) in [6.45, 7) is 18.1. The van der Waals surface area contributed by atoms with E-state index in [-0.39, 0.29) is 0 Å². The highest BCUT2D eigenvalue weighted by atomic mass is 16.3. The summed E-state index contributed by atoms with van der Waals surface area (Å²) < 4.78 is 14.6. The van der Waals surface area contributed by atoms with Gasteiger partial charge in [-0.1, -0.05) is 225 Å². The van der Waals surface area contributed by atoms with Crippen LogP contribution in [0.15, 0.2) is 227 Å². The minimum atomic E-state index is 0.355. The molecule has 0 saturated heterocycles. The van der Waals surface area contributed by atoms with Crippen LogP contribution < -0.4 is 9.80 Å². The van der Waals surface area contributed by atoms with Gasteiger partial charge in [0, 0.05) is 54.8 Å². The Morgan fingerprint density at radius 2 is 0.613 bits per heavy atom. The zero-order valence-corrected chi connectivity index (χ0v) is 46.8. The van der Waals surface area contributed by atoms with Gasteiger partial charge in [0.05, 0.1) is 22.7 Å². The molecule has 0 fully saturated rings. The Balaban J connectivity index is 1.000. The maximum Gasteiger partial charge on any atom is 0.159 e. The normalized spacial score (nSPS) is 12.2. The first-order valence-electron chi connectivity index (χ1n) is 28.6. The summed E-state index contributed by atoms with van der Waals surface area (Å²) in [6, 6.07) is 80.8. The number of anilines is 6. The molecule has 0 aliphatic rings. The van der Waals surface area contributed by atoms with Crippen LogP contribution in [0.5, 0.6) is 0 Å². The van der Waals surface area contributed by atoms with Crippen molar-refractivity contribution in [2.75, 3.05) is 9.80 Å². The Morgan fingerprint density at radius 1 is 0.263 bits per heavy atom. The molecule has 12 aromatic carbocycles. The lowest BCUT2D eigenvalue weighted by atomic mass is 9.91. The fourth-order valence-corrected chi connectivity index (χ4v) is 12.9. The van der Waals surface area contributed by atoms with Gasteiger partial charge in [0.1, 0.15) is 11.2 Å². The average Bonchev–Trinajstić information content (AvgIpc) is 4.11. The topological polar surface area (TPSA) is 32.8 Å². The molecule has 0 aliphatic carbocycles. The van der Waals surface area contributed by atoms with E-state index in [1.165, 1.54) is 54.9 Å². The minimum absolute atomic E-state index is 0.355. The smallest absolute Gasteiger partial charge is 0.159 e. The van der Waals surface area contributed by atoms with Gasteiger partial charge in [-0.15, -0.1) is 0 Å². The highest BCUT2D eigenvalue weighted by molar-refractivity contribution is 6.29. The van der Waals surface area contributed by atoms with Crippen LogP contribution in [0.2, 0.25) is 0 Å². The SMILES string of the molecule is CC(C)c1ccc(N(c2ccc3ccc4c(N(c5ccc(C(C)C)cc5)c5cccc6c5oc5c(-c7ccccc7C(C)C)cccc56)ccc5ccc2c3c54)c2cccc3c2oc2c(-c4ccccc4C(C)C)cccc23)cc1. The van der Waals surface area contributed by atoms with Gasteiger partial charge < -0.3 is 18.6 Å². The van der Waals surface area contributed by atoms with Crippen molar-refractivity contribution in [1.29, 1.82) is 0 Å². The predicted molar refractivity (Wildman–Crippen MR) is 341 cm³/mol. The molecule has 0 saturated carbocycles. The van der Waals surface area contributed by atoms with Gasteiger partial charge in [0.25, 0.3) is 0 Å². The number of hydrogen-bond donors (Lipinski definition) is 0. The molecule has 14 rings (SSSR count). The Bertz CT molecular complexity index is 4370. The second-order valence-electron chi connectivity index (χ2n) is 23.1. The molecule has 0 amide bonds. The second kappa shape index (κ2) is 19.4. The third-order valence-electron chi connectivity index (χ3n) is 17.0. The van der Waals surface area contributed by atoms with Gasteiger partial charge in [-0.2, -0.15) is 0 Å². The molecule has 390 valence electrons. The molecule has 0 atom stereocenters. The van der Waals surface area contributed by atoms with Crippen LogP contribution in [0.4, 0.5) is 34.1 Å². The van der Waals surface area contributed by atoms with Crippen LogP contribution in [-0.2, 0) is 0 Å². The van der Waals surface area contributed by atoms with Gasteiger partial charge in [0.15, 0.2) is 11.2 Å². The molecule has 2 heterocycles. The molecular formula is C76H64N2O2. The quantitative estimate of drug-likeness (QED) is 0.114. The van der Waals surface area contributed by atoms with Crippen molar-refractivity contribution >= 4 is 110 Å². The number of rotatable bonds is 12. The van der Waals surface area contributed by atoms with E-state index in [1.807, 2.05) is 0 Å². The lowest BCUT2D eigenvalue weighted by molar-refractivity contribution is 0.669. The summed E-state index contributed by atoms with van der Waals surface area (Å²) in [5, 5.41) is 11.5. The molecule has 2 aromatic heterocycles. The van der Waals surface area contributed by atoms with E-state index in [9.17, 15) is 0 Å². The summed E-state index contributed by atoms with van der Waals surface area (Å²) in [7, 11) is 0. The standard InChI is InChI=1S/C76H64N2O2/c1-45(2)49-29-37-53(38-30-49)77(69-27-15-25-63-61-23-13-21-59(73(61)79-75(63)69)57-19-11-9-17-55(57)47(5)6)67-43-35-51-34-42-66-68(44-36-52-33-41-65(67)71(51)72(52)66)78(54-39-31-50(32-40-54)46(3)4)70-28-16-26-64-62-24-14-22-60(74(62)80-76(64)70)58-20-12-10-18-56(58)48(7)8/h9-48H,1-8H3. The number of para-hydroxylation sites is 4. The lowest BCUT2D eigenvalue weighted by Crippen LogP contribution is -2.12. The van der Waals surface area contributed by atoms with Crippen LogP contribution in [0.1, 0.15) is 101 Å². The van der Waals surface area contributed by atoms with Gasteiger partial charge in [0.2, 0.25) is 0 Å². The predicted octanol–water partition coefficient (Wildman–Crippen LogP) is 23.2. The number of benzene rings is 12. The number of fused-ring (bicyclic) bond motifs is 6. The van der Waals surface area contributed by atoms with Crippen LogP contribution in [0, 0.1) is 0 Å². The van der Waals surface area contributed by atoms with Crippen molar-refractivity contribution in [2.45, 2.75) is 79.1 Å². The lowest BCUT2D eigenvalue weighted by Gasteiger charge is -2.29. The maximum atomic E-state index is 7.30. The molecule has 0 unspecified atom stereocenters. The fraction of sp³-hybridized carbons (Fsp3) is 0.158.